The van der Waals surface area contributed by atoms with Gasteiger partial charge in [-0.05, 0) is 24.5 Å². The number of hydrogen-bond donors (Lipinski definition) is 1. The van der Waals surface area contributed by atoms with Gasteiger partial charge in [0.25, 0.3) is 0 Å². The molecule has 16 heavy (non-hydrogen) atoms. The minimum absolute atomic E-state index is 0.136. The smallest absolute Gasteiger partial charge is 0.334 e. The van der Waals surface area contributed by atoms with Gasteiger partial charge in [-0.3, -0.25) is 0 Å². The summed E-state index contributed by atoms with van der Waals surface area (Å²) in [4.78, 5) is 10.7. The van der Waals surface area contributed by atoms with E-state index in [1.807, 2.05) is 0 Å². The standard InChI is InChI=1S/C8H8ClNO4S2/c1-15-6-4-5(9)2-3-7(6)16(12,13)14-8(10)11/h2-4H,1H3,(H2,10,11). The Kier molecular flexibility index (Phi) is 4.06. The van der Waals surface area contributed by atoms with Gasteiger partial charge in [-0.2, -0.15) is 8.42 Å². The molecule has 0 aliphatic rings. The number of primary amides is 1. The molecule has 0 unspecified atom stereocenters. The minimum atomic E-state index is -4.17. The molecule has 1 rings (SSSR count). The summed E-state index contributed by atoms with van der Waals surface area (Å²) in [7, 11) is -4.17. The molecule has 0 aliphatic carbocycles. The molecule has 1 aromatic rings. The van der Waals surface area contributed by atoms with Gasteiger partial charge in [0.1, 0.15) is 4.90 Å². The summed E-state index contributed by atoms with van der Waals surface area (Å²) in [5.41, 5.74) is 4.66. The summed E-state index contributed by atoms with van der Waals surface area (Å²) in [6, 6.07) is 4.11. The van der Waals surface area contributed by atoms with Crippen molar-refractivity contribution in [2.75, 3.05) is 6.26 Å². The molecule has 0 spiro atoms. The Bertz CT molecular complexity index is 515. The normalized spacial score (nSPS) is 11.1. The Morgan fingerprint density at radius 3 is 2.62 bits per heavy atom. The van der Waals surface area contributed by atoms with Crippen LogP contribution in [0, 0.1) is 0 Å². The predicted octanol–water partition coefficient (Wildman–Crippen LogP) is 1.85. The van der Waals surface area contributed by atoms with Crippen molar-refractivity contribution in [3.63, 3.8) is 0 Å². The lowest BCUT2D eigenvalue weighted by Crippen LogP contribution is -2.19. The van der Waals surface area contributed by atoms with E-state index >= 15 is 0 Å². The third-order valence-corrected chi connectivity index (χ3v) is 4.01. The molecule has 0 saturated heterocycles. The molecule has 0 aliphatic heterocycles. The molecule has 2 N–H and O–H groups in total. The van der Waals surface area contributed by atoms with E-state index in [1.165, 1.54) is 30.0 Å². The van der Waals surface area contributed by atoms with Crippen LogP contribution in [-0.4, -0.2) is 20.8 Å². The molecule has 5 nitrogen and oxygen atoms in total. The van der Waals surface area contributed by atoms with E-state index in [9.17, 15) is 13.2 Å². The average molecular weight is 282 g/mol. The summed E-state index contributed by atoms with van der Waals surface area (Å²) in [5.74, 6) is 0. The zero-order valence-electron chi connectivity index (χ0n) is 8.14. The Labute approximate surface area is 102 Å². The topological polar surface area (TPSA) is 86.5 Å². The van der Waals surface area contributed by atoms with Crippen LogP contribution in [0.25, 0.3) is 0 Å². The summed E-state index contributed by atoms with van der Waals surface area (Å²) in [5, 5.41) is 0.391. The molecule has 88 valence electrons. The van der Waals surface area contributed by atoms with Crippen molar-refractivity contribution in [3.8, 4) is 0 Å². The Morgan fingerprint density at radius 1 is 1.50 bits per heavy atom. The monoisotopic (exact) mass is 281 g/mol. The van der Waals surface area contributed by atoms with E-state index in [0.29, 0.717) is 9.92 Å². The summed E-state index contributed by atoms with van der Waals surface area (Å²) < 4.78 is 27.2. The maximum absolute atomic E-state index is 11.6. The van der Waals surface area contributed by atoms with E-state index < -0.39 is 16.2 Å². The largest absolute Gasteiger partial charge is 0.420 e. The molecule has 1 aromatic carbocycles. The number of thioether (sulfide) groups is 1. The second kappa shape index (κ2) is 4.94. The van der Waals surface area contributed by atoms with E-state index in [1.54, 1.807) is 6.26 Å². The van der Waals surface area contributed by atoms with Gasteiger partial charge in [0, 0.05) is 9.92 Å². The lowest BCUT2D eigenvalue weighted by molar-refractivity contribution is 0.212. The zero-order valence-corrected chi connectivity index (χ0v) is 10.5. The van der Waals surface area contributed by atoms with Crippen molar-refractivity contribution >= 4 is 39.6 Å². The number of carbonyl (C=O) groups is 1. The number of halogens is 1. The van der Waals surface area contributed by atoms with E-state index in [4.69, 9.17) is 11.6 Å². The van der Waals surface area contributed by atoms with E-state index in [0.717, 1.165) is 0 Å². The van der Waals surface area contributed by atoms with Crippen LogP contribution >= 0.6 is 23.4 Å². The van der Waals surface area contributed by atoms with Crippen LogP contribution in [0.5, 0.6) is 0 Å². The second-order valence-corrected chi connectivity index (χ2v) is 5.45. The highest BCUT2D eigenvalue weighted by Gasteiger charge is 2.22. The van der Waals surface area contributed by atoms with Gasteiger partial charge in [-0.25, -0.2) is 4.79 Å². The molecule has 0 heterocycles. The first-order chi connectivity index (χ1) is 7.36. The highest BCUT2D eigenvalue weighted by Crippen LogP contribution is 2.28. The first kappa shape index (κ1) is 13.1. The van der Waals surface area contributed by atoms with Gasteiger partial charge in [-0.1, -0.05) is 11.6 Å². The Balaban J connectivity index is 3.27. The molecule has 0 radical (unpaired) electrons. The zero-order chi connectivity index (χ0) is 12.3. The van der Waals surface area contributed by atoms with Crippen LogP contribution in [0.2, 0.25) is 5.02 Å². The third-order valence-electron chi connectivity index (χ3n) is 1.59. The molecule has 0 fully saturated rings. The fraction of sp³-hybridized carbons (Fsp3) is 0.125. The fourth-order valence-corrected chi connectivity index (χ4v) is 3.15. The predicted molar refractivity (Wildman–Crippen MR) is 61.1 cm³/mol. The number of hydrogen-bond acceptors (Lipinski definition) is 5. The van der Waals surface area contributed by atoms with E-state index in [2.05, 4.69) is 9.92 Å². The van der Waals surface area contributed by atoms with Crippen molar-refractivity contribution in [2.45, 2.75) is 9.79 Å². The van der Waals surface area contributed by atoms with Crippen LogP contribution in [-0.2, 0) is 14.3 Å². The van der Waals surface area contributed by atoms with Gasteiger partial charge < -0.3 is 9.92 Å². The van der Waals surface area contributed by atoms with Crippen molar-refractivity contribution in [1.29, 1.82) is 0 Å². The summed E-state index contributed by atoms with van der Waals surface area (Å²) >= 11 is 6.88. The third kappa shape index (κ3) is 3.03. The lowest BCUT2D eigenvalue weighted by Gasteiger charge is -2.07. The maximum atomic E-state index is 11.6. The molecule has 0 aromatic heterocycles. The molecular formula is C8H8ClNO4S2. The van der Waals surface area contributed by atoms with Crippen LogP contribution in [0.1, 0.15) is 0 Å². The molecule has 0 bridgehead atoms. The quantitative estimate of drug-likeness (QED) is 0.675. The maximum Gasteiger partial charge on any atom is 0.420 e. The molecular weight excluding hydrogens is 274 g/mol. The number of nitrogens with two attached hydrogens (primary N) is 1. The van der Waals surface area contributed by atoms with Crippen molar-refractivity contribution in [2.24, 2.45) is 5.73 Å². The van der Waals surface area contributed by atoms with Crippen LogP contribution in [0.4, 0.5) is 4.79 Å². The SMILES string of the molecule is CSc1cc(Cl)ccc1S(=O)(=O)OC(N)=O. The van der Waals surface area contributed by atoms with Crippen molar-refractivity contribution < 1.29 is 17.4 Å². The second-order valence-electron chi connectivity index (χ2n) is 2.65. The Morgan fingerprint density at radius 2 is 2.12 bits per heavy atom. The minimum Gasteiger partial charge on any atom is -0.334 e. The van der Waals surface area contributed by atoms with Gasteiger partial charge >= 0.3 is 16.2 Å². The number of benzene rings is 1. The molecule has 0 atom stereocenters. The van der Waals surface area contributed by atoms with Crippen LogP contribution in [0.3, 0.4) is 0 Å². The van der Waals surface area contributed by atoms with Crippen LogP contribution in [0.15, 0.2) is 28.0 Å². The number of rotatable bonds is 3. The summed E-state index contributed by atoms with van der Waals surface area (Å²) in [6.07, 6.45) is 0.302. The van der Waals surface area contributed by atoms with E-state index in [-0.39, 0.29) is 4.90 Å². The van der Waals surface area contributed by atoms with Gasteiger partial charge in [0.05, 0.1) is 0 Å². The Hall–Kier alpha value is -0.920. The van der Waals surface area contributed by atoms with Crippen molar-refractivity contribution in [1.82, 2.24) is 0 Å². The lowest BCUT2D eigenvalue weighted by atomic mass is 10.4. The van der Waals surface area contributed by atoms with Crippen LogP contribution < -0.4 is 5.73 Å². The highest BCUT2D eigenvalue weighted by molar-refractivity contribution is 7.99. The number of carbonyl (C=O) groups excluding carboxylic acids is 1. The molecule has 8 heteroatoms. The average Bonchev–Trinajstić information content (AvgIpc) is 2.15. The van der Waals surface area contributed by atoms with Gasteiger partial charge in [-0.15, -0.1) is 11.8 Å². The fourth-order valence-electron chi connectivity index (χ4n) is 1.00. The van der Waals surface area contributed by atoms with Gasteiger partial charge in [0.2, 0.25) is 0 Å². The molecule has 1 amide bonds. The first-order valence-corrected chi connectivity index (χ1v) is 6.95. The highest BCUT2D eigenvalue weighted by atomic mass is 35.5. The molecule has 0 saturated carbocycles. The van der Waals surface area contributed by atoms with Gasteiger partial charge in [0.15, 0.2) is 0 Å². The number of amides is 1. The first-order valence-electron chi connectivity index (χ1n) is 3.94. The van der Waals surface area contributed by atoms with Crippen molar-refractivity contribution in [3.05, 3.63) is 23.2 Å². The summed E-state index contributed by atoms with van der Waals surface area (Å²) in [6.45, 7) is 0.